The van der Waals surface area contributed by atoms with E-state index in [2.05, 4.69) is 32.9 Å². The van der Waals surface area contributed by atoms with Crippen molar-refractivity contribution in [2.45, 2.75) is 65.7 Å². The maximum Gasteiger partial charge on any atom is -0.0286 e. The predicted molar refractivity (Wildman–Crippen MR) is 69.0 cm³/mol. The molecule has 0 saturated heterocycles. The van der Waals surface area contributed by atoms with Gasteiger partial charge < -0.3 is 0 Å². The molecule has 1 aliphatic rings. The molecule has 1 rings (SSSR count). The third-order valence-corrected chi connectivity index (χ3v) is 3.46. The van der Waals surface area contributed by atoms with Gasteiger partial charge in [0.15, 0.2) is 0 Å². The summed E-state index contributed by atoms with van der Waals surface area (Å²) in [4.78, 5) is 0. The molecular weight excluding hydrogens is 180 g/mol. The molecule has 0 radical (unpaired) electrons. The van der Waals surface area contributed by atoms with Crippen LogP contribution >= 0.6 is 0 Å². The van der Waals surface area contributed by atoms with E-state index in [1.165, 1.54) is 44.9 Å². The first-order chi connectivity index (χ1) is 7.18. The molecule has 0 N–H and O–H groups in total. The SMILES string of the molecule is C/C1=C\CCCC(C)CC/C=C(\C)CC1. The fourth-order valence-electron chi connectivity index (χ4n) is 2.17. The van der Waals surface area contributed by atoms with Crippen molar-refractivity contribution >= 4 is 0 Å². The summed E-state index contributed by atoms with van der Waals surface area (Å²) in [7, 11) is 0. The first-order valence-electron chi connectivity index (χ1n) is 6.49. The third-order valence-electron chi connectivity index (χ3n) is 3.46. The highest BCUT2D eigenvalue weighted by Gasteiger charge is 2.02. The molecule has 86 valence electrons. The summed E-state index contributed by atoms with van der Waals surface area (Å²) in [5.74, 6) is 0.905. The van der Waals surface area contributed by atoms with Crippen molar-refractivity contribution in [3.05, 3.63) is 23.3 Å². The zero-order valence-electron chi connectivity index (χ0n) is 10.7. The van der Waals surface area contributed by atoms with Crippen LogP contribution in [0.4, 0.5) is 0 Å². The van der Waals surface area contributed by atoms with Gasteiger partial charge in [0.1, 0.15) is 0 Å². The Morgan fingerprint density at radius 2 is 1.53 bits per heavy atom. The van der Waals surface area contributed by atoms with Crippen LogP contribution in [0.25, 0.3) is 0 Å². The van der Waals surface area contributed by atoms with Gasteiger partial charge in [-0.15, -0.1) is 0 Å². The van der Waals surface area contributed by atoms with Crippen molar-refractivity contribution < 1.29 is 0 Å². The molecule has 1 aliphatic carbocycles. The van der Waals surface area contributed by atoms with E-state index in [9.17, 15) is 0 Å². The summed E-state index contributed by atoms with van der Waals surface area (Å²) in [6, 6.07) is 0. The molecule has 0 spiro atoms. The summed E-state index contributed by atoms with van der Waals surface area (Å²) in [5, 5.41) is 0. The molecule has 1 atom stereocenters. The van der Waals surface area contributed by atoms with Gasteiger partial charge in [-0.2, -0.15) is 0 Å². The van der Waals surface area contributed by atoms with Gasteiger partial charge in [0.2, 0.25) is 0 Å². The van der Waals surface area contributed by atoms with Crippen LogP contribution in [-0.4, -0.2) is 0 Å². The minimum Gasteiger partial charge on any atom is -0.0856 e. The molecule has 0 aliphatic heterocycles. The van der Waals surface area contributed by atoms with Gasteiger partial charge in [0.05, 0.1) is 0 Å². The van der Waals surface area contributed by atoms with Crippen molar-refractivity contribution in [2.24, 2.45) is 5.92 Å². The van der Waals surface area contributed by atoms with Crippen LogP contribution in [0.3, 0.4) is 0 Å². The molecule has 0 aromatic carbocycles. The van der Waals surface area contributed by atoms with E-state index in [0.717, 1.165) is 5.92 Å². The molecule has 0 heterocycles. The van der Waals surface area contributed by atoms with Gasteiger partial charge in [-0.25, -0.2) is 0 Å². The van der Waals surface area contributed by atoms with Crippen LogP contribution in [0.5, 0.6) is 0 Å². The summed E-state index contributed by atoms with van der Waals surface area (Å²) in [5.41, 5.74) is 3.16. The van der Waals surface area contributed by atoms with Gasteiger partial charge in [0.25, 0.3) is 0 Å². The zero-order chi connectivity index (χ0) is 11.1. The lowest BCUT2D eigenvalue weighted by molar-refractivity contribution is 0.479. The Morgan fingerprint density at radius 1 is 0.933 bits per heavy atom. The Kier molecular flexibility index (Phi) is 5.75. The van der Waals surface area contributed by atoms with Crippen molar-refractivity contribution in [1.82, 2.24) is 0 Å². The smallest absolute Gasteiger partial charge is 0.0286 e. The van der Waals surface area contributed by atoms with Crippen molar-refractivity contribution in [2.75, 3.05) is 0 Å². The first kappa shape index (κ1) is 12.5. The molecule has 0 bridgehead atoms. The third kappa shape index (κ3) is 5.81. The highest BCUT2D eigenvalue weighted by Crippen LogP contribution is 2.19. The molecule has 0 saturated carbocycles. The molecule has 15 heavy (non-hydrogen) atoms. The summed E-state index contributed by atoms with van der Waals surface area (Å²) >= 11 is 0. The van der Waals surface area contributed by atoms with E-state index in [1.54, 1.807) is 11.1 Å². The molecule has 0 nitrogen and oxygen atoms in total. The minimum absolute atomic E-state index is 0.905. The van der Waals surface area contributed by atoms with Crippen LogP contribution in [0.1, 0.15) is 65.7 Å². The van der Waals surface area contributed by atoms with E-state index in [-0.39, 0.29) is 0 Å². The van der Waals surface area contributed by atoms with E-state index < -0.39 is 0 Å². The molecule has 0 heteroatoms. The maximum absolute atomic E-state index is 2.45. The average molecular weight is 206 g/mol. The lowest BCUT2D eigenvalue weighted by Gasteiger charge is -2.11. The fourth-order valence-corrected chi connectivity index (χ4v) is 2.17. The number of hydrogen-bond donors (Lipinski definition) is 0. The fraction of sp³-hybridized carbons (Fsp3) is 0.733. The van der Waals surface area contributed by atoms with Crippen molar-refractivity contribution in [3.8, 4) is 0 Å². The van der Waals surface area contributed by atoms with Crippen LogP contribution in [0.15, 0.2) is 23.3 Å². The molecule has 1 unspecified atom stereocenters. The standard InChI is InChI=1S/C15H26/c1-13-7-4-5-8-14(2)11-12-15(3)10-6-9-13/h8,10,13H,4-7,9,11-12H2,1-3H3/b14-8+,15-10+. The second-order valence-electron chi connectivity index (χ2n) is 5.21. The lowest BCUT2D eigenvalue weighted by atomic mass is 9.95. The molecule has 0 amide bonds. The quantitative estimate of drug-likeness (QED) is 0.474. The monoisotopic (exact) mass is 206 g/mol. The topological polar surface area (TPSA) is 0 Å². The number of rotatable bonds is 0. The average Bonchev–Trinajstić information content (AvgIpc) is 2.20. The van der Waals surface area contributed by atoms with E-state index in [0.29, 0.717) is 0 Å². The van der Waals surface area contributed by atoms with Crippen LogP contribution < -0.4 is 0 Å². The van der Waals surface area contributed by atoms with E-state index >= 15 is 0 Å². The summed E-state index contributed by atoms with van der Waals surface area (Å²) < 4.78 is 0. The van der Waals surface area contributed by atoms with E-state index in [1.807, 2.05) is 0 Å². The zero-order valence-corrected chi connectivity index (χ0v) is 10.7. The molecule has 0 aromatic rings. The Labute approximate surface area is 95.5 Å². The van der Waals surface area contributed by atoms with Gasteiger partial charge in [-0.3, -0.25) is 0 Å². The summed E-state index contributed by atoms with van der Waals surface area (Å²) in [6.45, 7) is 6.96. The molecular formula is C15H26. The number of hydrogen-bond acceptors (Lipinski definition) is 0. The normalized spacial score (nSPS) is 32.9. The Bertz CT molecular complexity index is 232. The van der Waals surface area contributed by atoms with Crippen molar-refractivity contribution in [3.63, 3.8) is 0 Å². The number of allylic oxidation sites excluding steroid dienone is 4. The second-order valence-corrected chi connectivity index (χ2v) is 5.21. The second kappa shape index (κ2) is 6.87. The summed E-state index contributed by atoms with van der Waals surface area (Å²) in [6.07, 6.45) is 14.1. The maximum atomic E-state index is 2.45. The van der Waals surface area contributed by atoms with Crippen LogP contribution in [0.2, 0.25) is 0 Å². The van der Waals surface area contributed by atoms with Gasteiger partial charge in [-0.05, 0) is 58.3 Å². The molecule has 0 aromatic heterocycles. The largest absolute Gasteiger partial charge is 0.0856 e. The van der Waals surface area contributed by atoms with Gasteiger partial charge >= 0.3 is 0 Å². The highest BCUT2D eigenvalue weighted by molar-refractivity contribution is 5.05. The van der Waals surface area contributed by atoms with Gasteiger partial charge in [-0.1, -0.05) is 36.6 Å². The van der Waals surface area contributed by atoms with Crippen LogP contribution in [0, 0.1) is 5.92 Å². The highest BCUT2D eigenvalue weighted by atomic mass is 14.1. The Balaban J connectivity index is 2.51. The molecule has 0 fully saturated rings. The van der Waals surface area contributed by atoms with Gasteiger partial charge in [0, 0.05) is 0 Å². The van der Waals surface area contributed by atoms with Crippen molar-refractivity contribution in [1.29, 1.82) is 0 Å². The lowest BCUT2D eigenvalue weighted by Crippen LogP contribution is -1.95. The van der Waals surface area contributed by atoms with E-state index in [4.69, 9.17) is 0 Å². The van der Waals surface area contributed by atoms with Crippen LogP contribution in [-0.2, 0) is 0 Å². The minimum atomic E-state index is 0.905. The predicted octanol–water partition coefficient (Wildman–Crippen LogP) is 5.26. The first-order valence-corrected chi connectivity index (χ1v) is 6.49. The Morgan fingerprint density at radius 3 is 2.20 bits per heavy atom. The Hall–Kier alpha value is -0.520.